The maximum atomic E-state index is 13.6. The second kappa shape index (κ2) is 9.43. The van der Waals surface area contributed by atoms with E-state index in [0.29, 0.717) is 17.2 Å². The molecule has 0 spiro atoms. The van der Waals surface area contributed by atoms with Gasteiger partial charge in [-0.1, -0.05) is 41.4 Å². The quantitative estimate of drug-likeness (QED) is 0.608. The van der Waals surface area contributed by atoms with Gasteiger partial charge in [-0.3, -0.25) is 14.5 Å². The van der Waals surface area contributed by atoms with Crippen LogP contribution in [-0.4, -0.2) is 27.4 Å². The zero-order chi connectivity index (χ0) is 21.8. The number of carbonyl (C=O) groups excluding carboxylic acids is 2. The van der Waals surface area contributed by atoms with Crippen LogP contribution in [0, 0.1) is 13.8 Å². The topological polar surface area (TPSA) is 88.3 Å². The van der Waals surface area contributed by atoms with Gasteiger partial charge in [-0.05, 0) is 62.5 Å². The lowest BCUT2D eigenvalue weighted by atomic mass is 9.95. The van der Waals surface area contributed by atoms with E-state index in [4.69, 9.17) is 4.42 Å². The minimum atomic E-state index is -0.951. The second-order valence-corrected chi connectivity index (χ2v) is 8.61. The number of nitrogens with zero attached hydrogens (tertiary/aromatic N) is 3. The molecule has 1 aliphatic carbocycles. The van der Waals surface area contributed by atoms with Gasteiger partial charge in [0.2, 0.25) is 0 Å². The summed E-state index contributed by atoms with van der Waals surface area (Å²) in [4.78, 5) is 28.6. The number of carbonyl (C=O) groups is 2. The molecule has 1 atom stereocenters. The van der Waals surface area contributed by atoms with Crippen molar-refractivity contribution < 1.29 is 14.0 Å². The van der Waals surface area contributed by atoms with E-state index in [1.54, 1.807) is 17.5 Å². The number of furan rings is 1. The molecule has 1 fully saturated rings. The van der Waals surface area contributed by atoms with Crippen molar-refractivity contribution in [3.05, 3.63) is 64.6 Å². The summed E-state index contributed by atoms with van der Waals surface area (Å²) in [5.41, 5.74) is 1.86. The number of benzene rings is 1. The van der Waals surface area contributed by atoms with Crippen molar-refractivity contribution >= 4 is 29.0 Å². The first-order chi connectivity index (χ1) is 15.0. The van der Waals surface area contributed by atoms with Crippen LogP contribution in [0.25, 0.3) is 0 Å². The highest BCUT2D eigenvalue weighted by Crippen LogP contribution is 2.31. The third-order valence-corrected chi connectivity index (χ3v) is 6.10. The summed E-state index contributed by atoms with van der Waals surface area (Å²) in [6, 6.07) is 10.2. The van der Waals surface area contributed by atoms with E-state index in [1.807, 2.05) is 38.1 Å². The van der Waals surface area contributed by atoms with E-state index in [1.165, 1.54) is 11.3 Å². The van der Waals surface area contributed by atoms with Gasteiger partial charge in [-0.25, -0.2) is 0 Å². The summed E-state index contributed by atoms with van der Waals surface area (Å²) in [6.45, 7) is 3.80. The molecule has 1 unspecified atom stereocenters. The normalized spacial score (nSPS) is 15.4. The first kappa shape index (κ1) is 21.2. The van der Waals surface area contributed by atoms with Gasteiger partial charge in [0.1, 0.15) is 11.5 Å². The fourth-order valence-corrected chi connectivity index (χ4v) is 4.40. The number of rotatable bonds is 6. The van der Waals surface area contributed by atoms with E-state index in [-0.39, 0.29) is 17.6 Å². The molecule has 4 rings (SSSR count). The minimum absolute atomic E-state index is 0.107. The molecule has 0 radical (unpaired) electrons. The second-order valence-electron chi connectivity index (χ2n) is 8.00. The van der Waals surface area contributed by atoms with E-state index in [0.717, 1.165) is 42.8 Å². The SMILES string of the molecule is Cc1ccc(N(C(=O)c2csnn2)C(C(=O)NC2CCCCC2)c2ccc(C)o2)cc1. The number of hydrogen-bond acceptors (Lipinski definition) is 6. The Morgan fingerprint density at radius 2 is 1.84 bits per heavy atom. The standard InChI is InChI=1S/C23H26N4O3S/c1-15-8-11-18(12-9-15)27(23(29)19-14-31-26-25-19)21(20-13-10-16(2)30-20)22(28)24-17-6-4-3-5-7-17/h8-14,17,21H,3-7H2,1-2H3,(H,24,28). The van der Waals surface area contributed by atoms with Crippen LogP contribution in [0.15, 0.2) is 46.2 Å². The van der Waals surface area contributed by atoms with Gasteiger partial charge >= 0.3 is 0 Å². The summed E-state index contributed by atoms with van der Waals surface area (Å²) < 4.78 is 9.69. The molecule has 8 heteroatoms. The molecule has 2 heterocycles. The zero-order valence-corrected chi connectivity index (χ0v) is 18.5. The first-order valence-electron chi connectivity index (χ1n) is 10.6. The van der Waals surface area contributed by atoms with Gasteiger partial charge in [0, 0.05) is 17.1 Å². The molecule has 2 amide bonds. The molecule has 3 aromatic rings. The summed E-state index contributed by atoms with van der Waals surface area (Å²) in [5.74, 6) is 0.453. The van der Waals surface area contributed by atoms with Gasteiger partial charge in [0.25, 0.3) is 11.8 Å². The van der Waals surface area contributed by atoms with Crippen LogP contribution in [0.4, 0.5) is 5.69 Å². The number of anilines is 1. The fourth-order valence-electron chi connectivity index (χ4n) is 3.97. The summed E-state index contributed by atoms with van der Waals surface area (Å²) in [5, 5.41) is 8.70. The molecule has 7 nitrogen and oxygen atoms in total. The molecule has 0 aliphatic heterocycles. The van der Waals surface area contributed by atoms with Crippen molar-refractivity contribution in [2.45, 2.75) is 58.0 Å². The molecule has 0 bridgehead atoms. The maximum absolute atomic E-state index is 13.6. The lowest BCUT2D eigenvalue weighted by molar-refractivity contribution is -0.123. The Hall–Kier alpha value is -3.00. The van der Waals surface area contributed by atoms with E-state index < -0.39 is 11.9 Å². The van der Waals surface area contributed by atoms with Crippen molar-refractivity contribution in [3.63, 3.8) is 0 Å². The van der Waals surface area contributed by atoms with Crippen molar-refractivity contribution in [3.8, 4) is 0 Å². The van der Waals surface area contributed by atoms with Crippen molar-refractivity contribution in [1.29, 1.82) is 0 Å². The highest BCUT2D eigenvalue weighted by Gasteiger charge is 2.37. The molecule has 2 aromatic heterocycles. The van der Waals surface area contributed by atoms with Crippen LogP contribution in [-0.2, 0) is 4.79 Å². The first-order valence-corrected chi connectivity index (χ1v) is 11.4. The summed E-state index contributed by atoms with van der Waals surface area (Å²) in [6.07, 6.45) is 5.29. The van der Waals surface area contributed by atoms with Crippen molar-refractivity contribution in [1.82, 2.24) is 14.9 Å². The molecule has 1 aromatic carbocycles. The maximum Gasteiger partial charge on any atom is 0.280 e. The highest BCUT2D eigenvalue weighted by atomic mass is 32.1. The van der Waals surface area contributed by atoms with Gasteiger partial charge < -0.3 is 9.73 Å². The Kier molecular flexibility index (Phi) is 6.46. The average Bonchev–Trinajstić information content (AvgIpc) is 3.45. The van der Waals surface area contributed by atoms with Gasteiger partial charge in [-0.15, -0.1) is 5.10 Å². The Bertz CT molecular complexity index is 1020. The number of aromatic nitrogens is 2. The Morgan fingerprint density at radius 1 is 1.10 bits per heavy atom. The molecular weight excluding hydrogens is 412 g/mol. The number of nitrogens with one attached hydrogen (secondary N) is 1. The summed E-state index contributed by atoms with van der Waals surface area (Å²) in [7, 11) is 0. The smallest absolute Gasteiger partial charge is 0.280 e. The average molecular weight is 439 g/mol. The fraction of sp³-hybridized carbons (Fsp3) is 0.391. The zero-order valence-electron chi connectivity index (χ0n) is 17.7. The molecule has 1 saturated carbocycles. The monoisotopic (exact) mass is 438 g/mol. The number of amides is 2. The summed E-state index contributed by atoms with van der Waals surface area (Å²) >= 11 is 1.10. The molecule has 0 saturated heterocycles. The van der Waals surface area contributed by atoms with Crippen LogP contribution >= 0.6 is 11.5 Å². The van der Waals surface area contributed by atoms with Crippen molar-refractivity contribution in [2.75, 3.05) is 4.90 Å². The Morgan fingerprint density at radius 3 is 2.45 bits per heavy atom. The predicted octanol–water partition coefficient (Wildman–Crippen LogP) is 4.58. The Balaban J connectivity index is 1.75. The van der Waals surface area contributed by atoms with E-state index in [9.17, 15) is 9.59 Å². The minimum Gasteiger partial charge on any atom is -0.464 e. The third-order valence-electron chi connectivity index (χ3n) is 5.60. The van der Waals surface area contributed by atoms with Crippen LogP contribution in [0.5, 0.6) is 0 Å². The van der Waals surface area contributed by atoms with Crippen molar-refractivity contribution in [2.24, 2.45) is 0 Å². The molecule has 1 N–H and O–H groups in total. The molecule has 31 heavy (non-hydrogen) atoms. The largest absolute Gasteiger partial charge is 0.464 e. The predicted molar refractivity (Wildman–Crippen MR) is 119 cm³/mol. The van der Waals surface area contributed by atoms with Crippen LogP contribution in [0.3, 0.4) is 0 Å². The number of hydrogen-bond donors (Lipinski definition) is 1. The lowest BCUT2D eigenvalue weighted by Gasteiger charge is -2.31. The molecule has 162 valence electrons. The third kappa shape index (κ3) is 4.85. The Labute approximate surface area is 185 Å². The van der Waals surface area contributed by atoms with Gasteiger partial charge in [0.15, 0.2) is 11.7 Å². The highest BCUT2D eigenvalue weighted by molar-refractivity contribution is 7.03. The van der Waals surface area contributed by atoms with Gasteiger partial charge in [0.05, 0.1) is 0 Å². The van der Waals surface area contributed by atoms with Crippen LogP contribution in [0.2, 0.25) is 0 Å². The van der Waals surface area contributed by atoms with Gasteiger partial charge in [-0.2, -0.15) is 0 Å². The molecular formula is C23H26N4O3S. The van der Waals surface area contributed by atoms with E-state index >= 15 is 0 Å². The van der Waals surface area contributed by atoms with Crippen LogP contribution in [0.1, 0.15) is 65.7 Å². The van der Waals surface area contributed by atoms with Crippen LogP contribution < -0.4 is 10.2 Å². The van der Waals surface area contributed by atoms with E-state index in [2.05, 4.69) is 14.9 Å². The number of aryl methyl sites for hydroxylation is 2. The molecule has 1 aliphatic rings. The lowest BCUT2D eigenvalue weighted by Crippen LogP contribution is -2.47.